The molecular weight excluding hydrogens is 448 g/mol. The molecule has 4 rings (SSSR count). The van der Waals surface area contributed by atoms with Gasteiger partial charge in [-0.15, -0.1) is 22.7 Å². The predicted molar refractivity (Wildman–Crippen MR) is 121 cm³/mol. The number of carbonyl (C=O) groups excluding carboxylic acids is 1. The van der Waals surface area contributed by atoms with Gasteiger partial charge in [0.25, 0.3) is 5.56 Å². The van der Waals surface area contributed by atoms with Crippen molar-refractivity contribution < 1.29 is 4.79 Å². The Bertz CT molecular complexity index is 1190. The highest BCUT2D eigenvalue weighted by atomic mass is 35.5. The number of halogens is 1. The second-order valence-corrected chi connectivity index (χ2v) is 9.23. The van der Waals surface area contributed by atoms with Gasteiger partial charge in [0, 0.05) is 23.1 Å². The van der Waals surface area contributed by atoms with Crippen molar-refractivity contribution in [2.75, 3.05) is 11.1 Å². The summed E-state index contributed by atoms with van der Waals surface area (Å²) >= 11 is 9.93. The van der Waals surface area contributed by atoms with Crippen LogP contribution in [0.4, 0.5) is 5.13 Å². The third-order valence-corrected chi connectivity index (χ3v) is 6.89. The summed E-state index contributed by atoms with van der Waals surface area (Å²) < 4.78 is 2.27. The maximum absolute atomic E-state index is 13.0. The number of anilines is 1. The molecule has 0 saturated heterocycles. The molecule has 0 fully saturated rings. The fourth-order valence-electron chi connectivity index (χ4n) is 2.69. The van der Waals surface area contributed by atoms with Crippen LogP contribution in [-0.2, 0) is 17.8 Å². The SMILES string of the molecule is O=C(CSc1nc2ccsc2c(=O)n1CCc1ccc(Cl)cc1)Nc1nccs1. The molecule has 10 heteroatoms. The lowest BCUT2D eigenvalue weighted by atomic mass is 10.1. The Balaban J connectivity index is 1.54. The molecule has 148 valence electrons. The second-order valence-electron chi connectivity index (χ2n) is 6.04. The fourth-order valence-corrected chi connectivity index (χ4v) is 4.97. The predicted octanol–water partition coefficient (Wildman–Crippen LogP) is 4.54. The number of aromatic nitrogens is 3. The fraction of sp³-hybridized carbons (Fsp3) is 0.158. The van der Waals surface area contributed by atoms with E-state index >= 15 is 0 Å². The summed E-state index contributed by atoms with van der Waals surface area (Å²) in [5, 5.41) is 8.15. The third-order valence-electron chi connectivity index (χ3n) is 4.08. The minimum Gasteiger partial charge on any atom is -0.301 e. The van der Waals surface area contributed by atoms with E-state index in [1.54, 1.807) is 16.1 Å². The van der Waals surface area contributed by atoms with E-state index in [0.29, 0.717) is 38.5 Å². The summed E-state index contributed by atoms with van der Waals surface area (Å²) in [5.74, 6) is -0.0448. The van der Waals surface area contributed by atoms with E-state index in [9.17, 15) is 9.59 Å². The van der Waals surface area contributed by atoms with Gasteiger partial charge in [-0.1, -0.05) is 35.5 Å². The quantitative estimate of drug-likeness (QED) is 0.322. The zero-order valence-electron chi connectivity index (χ0n) is 15.0. The lowest BCUT2D eigenvalue weighted by Crippen LogP contribution is -2.24. The van der Waals surface area contributed by atoms with Crippen LogP contribution in [0.2, 0.25) is 5.02 Å². The minimum atomic E-state index is -0.186. The number of nitrogens with zero attached hydrogens (tertiary/aromatic N) is 3. The van der Waals surface area contributed by atoms with E-state index in [0.717, 1.165) is 5.56 Å². The van der Waals surface area contributed by atoms with Gasteiger partial charge >= 0.3 is 0 Å². The molecule has 0 atom stereocenters. The Kier molecular flexibility index (Phi) is 6.29. The molecule has 0 aliphatic rings. The monoisotopic (exact) mass is 462 g/mol. The van der Waals surface area contributed by atoms with Gasteiger partial charge in [0.15, 0.2) is 10.3 Å². The molecule has 0 saturated carbocycles. The standard InChI is InChI=1S/C19H15ClN4O2S3/c20-13-3-1-12(2-4-13)5-8-24-17(26)16-14(6-9-27-16)22-19(24)29-11-15(25)23-18-21-7-10-28-18/h1-4,6-7,9-10H,5,8,11H2,(H,21,23,25). The first-order chi connectivity index (χ1) is 14.1. The van der Waals surface area contributed by atoms with E-state index < -0.39 is 0 Å². The van der Waals surface area contributed by atoms with Gasteiger partial charge < -0.3 is 5.32 Å². The van der Waals surface area contributed by atoms with E-state index in [1.807, 2.05) is 35.7 Å². The van der Waals surface area contributed by atoms with Crippen molar-refractivity contribution in [3.8, 4) is 0 Å². The van der Waals surface area contributed by atoms with E-state index in [4.69, 9.17) is 11.6 Å². The van der Waals surface area contributed by atoms with Gasteiger partial charge in [-0.05, 0) is 35.6 Å². The van der Waals surface area contributed by atoms with E-state index in [-0.39, 0.29) is 17.2 Å². The van der Waals surface area contributed by atoms with Crippen LogP contribution in [0.5, 0.6) is 0 Å². The van der Waals surface area contributed by atoms with Crippen molar-refractivity contribution in [1.29, 1.82) is 0 Å². The zero-order chi connectivity index (χ0) is 20.2. The van der Waals surface area contributed by atoms with Crippen LogP contribution in [0.25, 0.3) is 10.2 Å². The number of thiazole rings is 1. The molecule has 0 radical (unpaired) electrons. The Hall–Kier alpha value is -2.20. The van der Waals surface area contributed by atoms with E-state index in [1.165, 1.54) is 34.4 Å². The van der Waals surface area contributed by atoms with E-state index in [2.05, 4.69) is 15.3 Å². The minimum absolute atomic E-state index is 0.0817. The number of amides is 1. The maximum Gasteiger partial charge on any atom is 0.272 e. The van der Waals surface area contributed by atoms with Crippen LogP contribution >= 0.6 is 46.0 Å². The molecule has 4 aromatic rings. The van der Waals surface area contributed by atoms with Gasteiger partial charge in [0.1, 0.15) is 4.70 Å². The van der Waals surface area contributed by atoms with Crippen molar-refractivity contribution in [2.24, 2.45) is 0 Å². The number of hydrogen-bond donors (Lipinski definition) is 1. The van der Waals surface area contributed by atoms with Crippen LogP contribution in [0.1, 0.15) is 5.56 Å². The third kappa shape index (κ3) is 4.87. The number of rotatable bonds is 7. The normalized spacial score (nSPS) is 11.1. The topological polar surface area (TPSA) is 76.9 Å². The van der Waals surface area contributed by atoms with Crippen LogP contribution in [0.3, 0.4) is 0 Å². The van der Waals surface area contributed by atoms with Crippen LogP contribution in [0, 0.1) is 0 Å². The summed E-state index contributed by atoms with van der Waals surface area (Å²) in [4.78, 5) is 33.8. The number of nitrogens with one attached hydrogen (secondary N) is 1. The highest BCUT2D eigenvalue weighted by Gasteiger charge is 2.15. The molecule has 0 spiro atoms. The average molecular weight is 463 g/mol. The van der Waals surface area contributed by atoms with Gasteiger partial charge in [0.2, 0.25) is 5.91 Å². The number of thioether (sulfide) groups is 1. The number of aryl methyl sites for hydroxylation is 1. The Morgan fingerprint density at radius 1 is 1.17 bits per heavy atom. The maximum atomic E-state index is 13.0. The highest BCUT2D eigenvalue weighted by molar-refractivity contribution is 7.99. The molecular formula is C19H15ClN4O2S3. The number of benzene rings is 1. The summed E-state index contributed by atoms with van der Waals surface area (Å²) in [6, 6.07) is 9.38. The first-order valence-electron chi connectivity index (χ1n) is 8.65. The highest BCUT2D eigenvalue weighted by Crippen LogP contribution is 2.22. The summed E-state index contributed by atoms with van der Waals surface area (Å²) in [5.41, 5.74) is 1.65. The molecule has 3 heterocycles. The molecule has 0 bridgehead atoms. The van der Waals surface area contributed by atoms with Gasteiger partial charge in [-0.2, -0.15) is 0 Å². The average Bonchev–Trinajstić information content (AvgIpc) is 3.39. The van der Waals surface area contributed by atoms with Crippen molar-refractivity contribution in [1.82, 2.24) is 14.5 Å². The molecule has 0 aliphatic carbocycles. The Labute approximate surface area is 183 Å². The van der Waals surface area contributed by atoms with Crippen molar-refractivity contribution in [2.45, 2.75) is 18.1 Å². The van der Waals surface area contributed by atoms with Gasteiger partial charge in [-0.25, -0.2) is 9.97 Å². The van der Waals surface area contributed by atoms with Gasteiger partial charge in [0.05, 0.1) is 11.3 Å². The lowest BCUT2D eigenvalue weighted by Gasteiger charge is -2.12. The Morgan fingerprint density at radius 2 is 2.00 bits per heavy atom. The van der Waals surface area contributed by atoms with Crippen molar-refractivity contribution >= 4 is 67.3 Å². The second kappa shape index (κ2) is 9.08. The number of fused-ring (bicyclic) bond motifs is 1. The number of thiophene rings is 1. The number of hydrogen-bond acceptors (Lipinski definition) is 7. The smallest absolute Gasteiger partial charge is 0.272 e. The van der Waals surface area contributed by atoms with Crippen molar-refractivity contribution in [3.63, 3.8) is 0 Å². The zero-order valence-corrected chi connectivity index (χ0v) is 18.2. The van der Waals surface area contributed by atoms with Gasteiger partial charge in [-0.3, -0.25) is 14.2 Å². The van der Waals surface area contributed by atoms with Crippen LogP contribution in [0.15, 0.2) is 57.2 Å². The summed E-state index contributed by atoms with van der Waals surface area (Å²) in [6.45, 7) is 0.470. The first-order valence-corrected chi connectivity index (χ1v) is 11.8. The molecule has 1 N–H and O–H groups in total. The lowest BCUT2D eigenvalue weighted by molar-refractivity contribution is -0.113. The van der Waals surface area contributed by atoms with Crippen LogP contribution in [-0.4, -0.2) is 26.2 Å². The van der Waals surface area contributed by atoms with Crippen LogP contribution < -0.4 is 10.9 Å². The number of carbonyl (C=O) groups is 1. The molecule has 1 aromatic carbocycles. The molecule has 29 heavy (non-hydrogen) atoms. The molecule has 3 aromatic heterocycles. The molecule has 0 unspecified atom stereocenters. The summed E-state index contributed by atoms with van der Waals surface area (Å²) in [6.07, 6.45) is 2.29. The molecule has 6 nitrogen and oxygen atoms in total. The Morgan fingerprint density at radius 3 is 2.76 bits per heavy atom. The molecule has 1 amide bonds. The summed E-state index contributed by atoms with van der Waals surface area (Å²) in [7, 11) is 0. The molecule has 0 aliphatic heterocycles. The first kappa shape index (κ1) is 20.1. The van der Waals surface area contributed by atoms with Crippen molar-refractivity contribution in [3.05, 3.63) is 68.2 Å². The largest absolute Gasteiger partial charge is 0.301 e.